The van der Waals surface area contributed by atoms with Crippen molar-refractivity contribution in [1.82, 2.24) is 0 Å². The number of hydrogen-bond acceptors (Lipinski definition) is 1. The van der Waals surface area contributed by atoms with E-state index in [9.17, 15) is 4.79 Å². The number of hydrogen-bond donors (Lipinski definition) is 0. The molecular formula is C22H36O. The lowest BCUT2D eigenvalue weighted by atomic mass is 9.44. The van der Waals surface area contributed by atoms with Gasteiger partial charge in [-0.2, -0.15) is 0 Å². The maximum Gasteiger partial charge on any atom is 0.139 e. The number of carbonyl (C=O) groups is 1. The molecule has 4 aliphatic rings. The Morgan fingerprint density at radius 1 is 0.957 bits per heavy atom. The van der Waals surface area contributed by atoms with Gasteiger partial charge in [0, 0.05) is 11.8 Å². The van der Waals surface area contributed by atoms with Crippen molar-refractivity contribution in [2.75, 3.05) is 0 Å². The Hall–Kier alpha value is -0.330. The van der Waals surface area contributed by atoms with E-state index in [1.807, 2.05) is 0 Å². The summed E-state index contributed by atoms with van der Waals surface area (Å²) in [6.45, 7) is 9.62. The minimum absolute atomic E-state index is 0.00714. The van der Waals surface area contributed by atoms with E-state index in [1.54, 1.807) is 0 Å². The zero-order valence-electron chi connectivity index (χ0n) is 15.7. The summed E-state index contributed by atoms with van der Waals surface area (Å²) >= 11 is 0. The Balaban J connectivity index is 1.68. The van der Waals surface area contributed by atoms with Crippen LogP contribution in [0.3, 0.4) is 0 Å². The van der Waals surface area contributed by atoms with E-state index in [0.29, 0.717) is 34.9 Å². The van der Waals surface area contributed by atoms with Crippen molar-refractivity contribution in [3.8, 4) is 0 Å². The van der Waals surface area contributed by atoms with Gasteiger partial charge in [-0.25, -0.2) is 0 Å². The van der Waals surface area contributed by atoms with E-state index >= 15 is 0 Å². The van der Waals surface area contributed by atoms with Crippen molar-refractivity contribution in [2.45, 2.75) is 85.5 Å². The molecule has 4 aliphatic carbocycles. The van der Waals surface area contributed by atoms with Crippen molar-refractivity contribution in [3.05, 3.63) is 0 Å². The van der Waals surface area contributed by atoms with Crippen molar-refractivity contribution in [3.63, 3.8) is 0 Å². The molecule has 0 amide bonds. The first-order valence-electron chi connectivity index (χ1n) is 10.4. The number of ketones is 1. The fourth-order valence-corrected chi connectivity index (χ4v) is 8.09. The second kappa shape index (κ2) is 5.33. The SMILES string of the molecule is CC(C)[C@H]1CC[C@H]2[C@@H]3CC[C@H]4CCCC[C@]4(C)[C@H]3CC(=O)[C@]12C. The van der Waals surface area contributed by atoms with Crippen LogP contribution in [0.15, 0.2) is 0 Å². The molecule has 1 heteroatoms. The first-order valence-corrected chi connectivity index (χ1v) is 10.4. The maximum absolute atomic E-state index is 13.4. The van der Waals surface area contributed by atoms with Gasteiger partial charge in [0.1, 0.15) is 5.78 Å². The van der Waals surface area contributed by atoms with Gasteiger partial charge in [-0.15, -0.1) is 0 Å². The number of Topliss-reactive ketones (excluding diaryl/α,β-unsaturated/α-hetero) is 1. The molecule has 0 aromatic heterocycles. The van der Waals surface area contributed by atoms with Gasteiger partial charge in [0.15, 0.2) is 0 Å². The lowest BCUT2D eigenvalue weighted by Gasteiger charge is -2.60. The summed E-state index contributed by atoms with van der Waals surface area (Å²) in [4.78, 5) is 13.4. The molecule has 23 heavy (non-hydrogen) atoms. The summed E-state index contributed by atoms with van der Waals surface area (Å²) in [7, 11) is 0. The zero-order chi connectivity index (χ0) is 16.4. The van der Waals surface area contributed by atoms with Gasteiger partial charge in [-0.3, -0.25) is 4.79 Å². The van der Waals surface area contributed by atoms with E-state index in [1.165, 1.54) is 51.4 Å². The van der Waals surface area contributed by atoms with Crippen LogP contribution in [-0.2, 0) is 4.79 Å². The van der Waals surface area contributed by atoms with E-state index < -0.39 is 0 Å². The van der Waals surface area contributed by atoms with Crippen LogP contribution in [0.2, 0.25) is 0 Å². The highest BCUT2D eigenvalue weighted by atomic mass is 16.1. The monoisotopic (exact) mass is 316 g/mol. The summed E-state index contributed by atoms with van der Waals surface area (Å²) in [6.07, 6.45) is 12.1. The summed E-state index contributed by atoms with van der Waals surface area (Å²) in [5.41, 5.74) is 0.487. The molecule has 130 valence electrons. The van der Waals surface area contributed by atoms with Crippen LogP contribution in [0.1, 0.15) is 85.5 Å². The van der Waals surface area contributed by atoms with Crippen LogP contribution in [0.5, 0.6) is 0 Å². The third-order valence-electron chi connectivity index (χ3n) is 9.32. The molecule has 0 radical (unpaired) electrons. The Morgan fingerprint density at radius 3 is 2.48 bits per heavy atom. The van der Waals surface area contributed by atoms with Crippen LogP contribution >= 0.6 is 0 Å². The van der Waals surface area contributed by atoms with Crippen LogP contribution in [-0.4, -0.2) is 5.78 Å². The van der Waals surface area contributed by atoms with Crippen molar-refractivity contribution in [1.29, 1.82) is 0 Å². The van der Waals surface area contributed by atoms with E-state index in [0.717, 1.165) is 18.3 Å². The predicted octanol–water partition coefficient (Wildman–Crippen LogP) is 5.87. The van der Waals surface area contributed by atoms with Gasteiger partial charge in [-0.05, 0) is 79.4 Å². The van der Waals surface area contributed by atoms with Gasteiger partial charge in [0.25, 0.3) is 0 Å². The predicted molar refractivity (Wildman–Crippen MR) is 95.1 cm³/mol. The minimum Gasteiger partial charge on any atom is -0.299 e. The minimum atomic E-state index is 0.00714. The highest BCUT2D eigenvalue weighted by Crippen LogP contribution is 2.67. The lowest BCUT2D eigenvalue weighted by Crippen LogP contribution is -2.56. The molecule has 0 unspecified atom stereocenters. The third kappa shape index (κ3) is 2.07. The first-order chi connectivity index (χ1) is 10.9. The largest absolute Gasteiger partial charge is 0.299 e. The molecule has 0 heterocycles. The smallest absolute Gasteiger partial charge is 0.139 e. The summed E-state index contributed by atoms with van der Waals surface area (Å²) in [5, 5.41) is 0. The Labute approximate surface area is 143 Å². The number of carbonyl (C=O) groups excluding carboxylic acids is 1. The average Bonchev–Trinajstić information content (AvgIpc) is 2.87. The molecule has 7 atom stereocenters. The molecule has 0 saturated heterocycles. The number of fused-ring (bicyclic) bond motifs is 5. The molecule has 0 N–H and O–H groups in total. The summed E-state index contributed by atoms with van der Waals surface area (Å²) in [6, 6.07) is 0. The molecule has 0 spiro atoms. The van der Waals surface area contributed by atoms with Gasteiger partial charge >= 0.3 is 0 Å². The molecule has 4 fully saturated rings. The van der Waals surface area contributed by atoms with E-state index in [2.05, 4.69) is 27.7 Å². The molecule has 1 nitrogen and oxygen atoms in total. The molecule has 4 saturated carbocycles. The molecule has 4 rings (SSSR count). The normalized spacial score (nSPS) is 52.9. The van der Waals surface area contributed by atoms with Gasteiger partial charge < -0.3 is 0 Å². The molecule has 0 bridgehead atoms. The van der Waals surface area contributed by atoms with Crippen LogP contribution in [0.4, 0.5) is 0 Å². The Bertz CT molecular complexity index is 494. The van der Waals surface area contributed by atoms with Crippen molar-refractivity contribution in [2.24, 2.45) is 46.3 Å². The summed E-state index contributed by atoms with van der Waals surface area (Å²) in [5.74, 6) is 5.11. The van der Waals surface area contributed by atoms with E-state index in [4.69, 9.17) is 0 Å². The topological polar surface area (TPSA) is 17.1 Å². The van der Waals surface area contributed by atoms with E-state index in [-0.39, 0.29) is 5.41 Å². The van der Waals surface area contributed by atoms with Crippen molar-refractivity contribution >= 4 is 5.78 Å². The van der Waals surface area contributed by atoms with Crippen LogP contribution < -0.4 is 0 Å². The molecule has 0 aromatic carbocycles. The zero-order valence-corrected chi connectivity index (χ0v) is 15.7. The fourth-order valence-electron chi connectivity index (χ4n) is 8.09. The lowest BCUT2D eigenvalue weighted by molar-refractivity contribution is -0.157. The second-order valence-corrected chi connectivity index (χ2v) is 10.2. The van der Waals surface area contributed by atoms with Crippen molar-refractivity contribution < 1.29 is 4.79 Å². The van der Waals surface area contributed by atoms with Crippen LogP contribution in [0.25, 0.3) is 0 Å². The standard InChI is InChI=1S/C22H36O/c1-14(2)17-10-11-18-16-9-8-15-7-5-6-12-21(15,3)19(16)13-20(23)22(17,18)4/h14-19H,5-13H2,1-4H3/t15-,16+,17-,18+,19+,21+,22-/m1/s1. The quantitative estimate of drug-likeness (QED) is 0.591. The Kier molecular flexibility index (Phi) is 3.75. The maximum atomic E-state index is 13.4. The molecular weight excluding hydrogens is 280 g/mol. The average molecular weight is 317 g/mol. The highest BCUT2D eigenvalue weighted by Gasteiger charge is 2.63. The van der Waals surface area contributed by atoms with Gasteiger partial charge in [0.05, 0.1) is 0 Å². The molecule has 0 aromatic rings. The molecule has 0 aliphatic heterocycles. The second-order valence-electron chi connectivity index (χ2n) is 10.2. The first kappa shape index (κ1) is 16.2. The number of rotatable bonds is 1. The summed E-state index contributed by atoms with van der Waals surface area (Å²) < 4.78 is 0. The van der Waals surface area contributed by atoms with Gasteiger partial charge in [0.2, 0.25) is 0 Å². The fraction of sp³-hybridized carbons (Fsp3) is 0.955. The third-order valence-corrected chi connectivity index (χ3v) is 9.32. The Morgan fingerprint density at radius 2 is 1.74 bits per heavy atom. The highest BCUT2D eigenvalue weighted by molar-refractivity contribution is 5.87. The van der Waals surface area contributed by atoms with Gasteiger partial charge in [-0.1, -0.05) is 40.5 Å². The van der Waals surface area contributed by atoms with Crippen LogP contribution in [0, 0.1) is 46.3 Å².